The van der Waals surface area contributed by atoms with E-state index < -0.39 is 16.0 Å². The molecule has 0 fully saturated rings. The van der Waals surface area contributed by atoms with Crippen LogP contribution in [0.25, 0.3) is 10.8 Å². The number of nitrogens with one attached hydrogen (secondary N) is 1. The first-order valence-corrected chi connectivity index (χ1v) is 9.28. The molecule has 0 amide bonds. The Hall–Kier alpha value is -3.06. The molecule has 0 saturated carbocycles. The highest BCUT2D eigenvalue weighted by molar-refractivity contribution is 7.93. The van der Waals surface area contributed by atoms with E-state index in [4.69, 9.17) is 9.84 Å². The molecule has 0 aliphatic heterocycles. The summed E-state index contributed by atoms with van der Waals surface area (Å²) in [6.07, 6.45) is -0.180. The van der Waals surface area contributed by atoms with Gasteiger partial charge in [0.05, 0.1) is 18.4 Å². The highest BCUT2D eigenvalue weighted by Crippen LogP contribution is 2.31. The van der Waals surface area contributed by atoms with E-state index in [-0.39, 0.29) is 11.3 Å². The first kappa shape index (κ1) is 17.8. The molecule has 7 heteroatoms. The van der Waals surface area contributed by atoms with Gasteiger partial charge in [-0.3, -0.25) is 9.52 Å². The Morgan fingerprint density at radius 1 is 1.04 bits per heavy atom. The van der Waals surface area contributed by atoms with Crippen molar-refractivity contribution in [2.24, 2.45) is 0 Å². The Bertz CT molecular complexity index is 1080. The van der Waals surface area contributed by atoms with Crippen molar-refractivity contribution in [3.8, 4) is 5.75 Å². The lowest BCUT2D eigenvalue weighted by molar-refractivity contribution is -0.136. The first-order valence-electron chi connectivity index (χ1n) is 7.80. The number of carboxylic acid groups (broad SMARTS) is 1. The second-order valence-corrected chi connectivity index (χ2v) is 7.34. The quantitative estimate of drug-likeness (QED) is 0.694. The lowest BCUT2D eigenvalue weighted by Gasteiger charge is -2.13. The molecule has 0 aliphatic rings. The van der Waals surface area contributed by atoms with Gasteiger partial charge >= 0.3 is 5.97 Å². The van der Waals surface area contributed by atoms with Gasteiger partial charge in [0.2, 0.25) is 0 Å². The number of benzene rings is 3. The van der Waals surface area contributed by atoms with Crippen molar-refractivity contribution in [3.05, 3.63) is 66.2 Å². The van der Waals surface area contributed by atoms with Gasteiger partial charge in [-0.15, -0.1) is 0 Å². The molecule has 2 N–H and O–H groups in total. The third kappa shape index (κ3) is 3.62. The molecule has 0 bridgehead atoms. The number of ether oxygens (including phenoxy) is 1. The minimum atomic E-state index is -3.86. The summed E-state index contributed by atoms with van der Waals surface area (Å²) in [5.41, 5.74) is 0.820. The maximum absolute atomic E-state index is 12.9. The van der Waals surface area contributed by atoms with Gasteiger partial charge in [0.25, 0.3) is 10.0 Å². The first-order chi connectivity index (χ1) is 12.4. The van der Waals surface area contributed by atoms with Crippen LogP contribution in [0.4, 0.5) is 5.69 Å². The molecule has 26 heavy (non-hydrogen) atoms. The van der Waals surface area contributed by atoms with Crippen molar-refractivity contribution in [1.29, 1.82) is 0 Å². The SMILES string of the molecule is COc1ccc(S(=O)(=O)Nc2cccc(CC(=O)O)c2)c2ccccc12. The molecule has 3 rings (SSSR count). The number of carbonyl (C=O) groups is 1. The molecule has 3 aromatic carbocycles. The lowest BCUT2D eigenvalue weighted by Crippen LogP contribution is -2.14. The average Bonchev–Trinajstić information content (AvgIpc) is 2.60. The fourth-order valence-corrected chi connectivity index (χ4v) is 4.05. The summed E-state index contributed by atoms with van der Waals surface area (Å²) in [7, 11) is -2.33. The van der Waals surface area contributed by atoms with E-state index in [1.165, 1.54) is 19.2 Å². The molecular formula is C19H17NO5S. The van der Waals surface area contributed by atoms with Crippen LogP contribution in [0.5, 0.6) is 5.75 Å². The number of rotatable bonds is 6. The topological polar surface area (TPSA) is 92.7 Å². The number of hydrogen-bond acceptors (Lipinski definition) is 4. The zero-order chi connectivity index (χ0) is 18.7. The van der Waals surface area contributed by atoms with Gasteiger partial charge < -0.3 is 9.84 Å². The number of methoxy groups -OCH3 is 1. The summed E-state index contributed by atoms with van der Waals surface area (Å²) in [5.74, 6) is -0.394. The Balaban J connectivity index is 2.02. The van der Waals surface area contributed by atoms with Gasteiger partial charge in [-0.1, -0.05) is 36.4 Å². The number of hydrogen-bond donors (Lipinski definition) is 2. The van der Waals surface area contributed by atoms with Crippen LogP contribution in [0, 0.1) is 0 Å². The van der Waals surface area contributed by atoms with E-state index in [0.29, 0.717) is 27.8 Å². The molecule has 0 saturated heterocycles. The molecule has 6 nitrogen and oxygen atoms in total. The van der Waals surface area contributed by atoms with Gasteiger partial charge in [-0.25, -0.2) is 8.42 Å². The minimum Gasteiger partial charge on any atom is -0.496 e. The van der Waals surface area contributed by atoms with E-state index in [2.05, 4.69) is 4.72 Å². The summed E-state index contributed by atoms with van der Waals surface area (Å²) < 4.78 is 33.6. The second-order valence-electron chi connectivity index (χ2n) is 5.69. The molecule has 0 unspecified atom stereocenters. The number of aliphatic carboxylic acids is 1. The van der Waals surface area contributed by atoms with Crippen LogP contribution in [0.15, 0.2) is 65.6 Å². The highest BCUT2D eigenvalue weighted by Gasteiger charge is 2.19. The maximum atomic E-state index is 12.9. The van der Waals surface area contributed by atoms with Crippen LogP contribution in [-0.4, -0.2) is 26.6 Å². The van der Waals surface area contributed by atoms with E-state index in [1.54, 1.807) is 42.5 Å². The predicted octanol–water partition coefficient (Wildman–Crippen LogP) is 3.28. The zero-order valence-electron chi connectivity index (χ0n) is 14.0. The third-order valence-corrected chi connectivity index (χ3v) is 5.33. The van der Waals surface area contributed by atoms with Crippen molar-refractivity contribution >= 4 is 32.5 Å². The fraction of sp³-hybridized carbons (Fsp3) is 0.105. The molecule has 0 spiro atoms. The normalized spacial score (nSPS) is 11.3. The van der Waals surface area contributed by atoms with Crippen LogP contribution in [-0.2, 0) is 21.2 Å². The summed E-state index contributed by atoms with van der Waals surface area (Å²) in [4.78, 5) is 11.0. The van der Waals surface area contributed by atoms with E-state index >= 15 is 0 Å². The van der Waals surface area contributed by atoms with Gasteiger partial charge in [0.1, 0.15) is 5.75 Å². The molecule has 3 aromatic rings. The Kier molecular flexibility index (Phi) is 4.81. The van der Waals surface area contributed by atoms with Crippen molar-refractivity contribution in [2.75, 3.05) is 11.8 Å². The van der Waals surface area contributed by atoms with Crippen molar-refractivity contribution in [1.82, 2.24) is 0 Å². The smallest absolute Gasteiger partial charge is 0.307 e. The molecular weight excluding hydrogens is 354 g/mol. The summed E-state index contributed by atoms with van der Waals surface area (Å²) >= 11 is 0. The van der Waals surface area contributed by atoms with E-state index in [0.717, 1.165) is 0 Å². The maximum Gasteiger partial charge on any atom is 0.307 e. The van der Waals surface area contributed by atoms with E-state index in [1.807, 2.05) is 6.07 Å². The largest absolute Gasteiger partial charge is 0.496 e. The summed E-state index contributed by atoms with van der Waals surface area (Å²) in [6, 6.07) is 16.5. The number of fused-ring (bicyclic) bond motifs is 1. The van der Waals surface area contributed by atoms with Crippen molar-refractivity contribution < 1.29 is 23.1 Å². The van der Waals surface area contributed by atoms with Gasteiger partial charge in [0, 0.05) is 16.5 Å². The van der Waals surface area contributed by atoms with Crippen LogP contribution in [0.2, 0.25) is 0 Å². The monoisotopic (exact) mass is 371 g/mol. The summed E-state index contributed by atoms with van der Waals surface area (Å²) in [6.45, 7) is 0. The molecule has 0 heterocycles. The standard InChI is InChI=1S/C19H17NO5S/c1-25-17-9-10-18(16-8-3-2-7-15(16)17)26(23,24)20-14-6-4-5-13(11-14)12-19(21)22/h2-11,20H,12H2,1H3,(H,21,22). The highest BCUT2D eigenvalue weighted by atomic mass is 32.2. The van der Waals surface area contributed by atoms with E-state index in [9.17, 15) is 13.2 Å². The Morgan fingerprint density at radius 2 is 1.77 bits per heavy atom. The second kappa shape index (κ2) is 7.05. The Labute approximate surface area is 151 Å². The number of carboxylic acids is 1. The predicted molar refractivity (Wildman–Crippen MR) is 99.1 cm³/mol. The Morgan fingerprint density at radius 3 is 2.46 bits per heavy atom. The van der Waals surface area contributed by atoms with Gasteiger partial charge in [0.15, 0.2) is 0 Å². The van der Waals surface area contributed by atoms with Crippen LogP contribution in [0.1, 0.15) is 5.56 Å². The minimum absolute atomic E-state index is 0.123. The summed E-state index contributed by atoms with van der Waals surface area (Å²) in [5, 5.41) is 10.1. The molecule has 0 atom stereocenters. The van der Waals surface area contributed by atoms with Crippen LogP contribution in [0.3, 0.4) is 0 Å². The molecule has 0 aromatic heterocycles. The lowest BCUT2D eigenvalue weighted by atomic mass is 10.1. The zero-order valence-corrected chi connectivity index (χ0v) is 14.8. The average molecular weight is 371 g/mol. The number of sulfonamides is 1. The third-order valence-electron chi connectivity index (χ3n) is 3.89. The molecule has 0 radical (unpaired) electrons. The van der Waals surface area contributed by atoms with Crippen molar-refractivity contribution in [3.63, 3.8) is 0 Å². The molecule has 0 aliphatic carbocycles. The van der Waals surface area contributed by atoms with Gasteiger partial charge in [-0.2, -0.15) is 0 Å². The molecule has 134 valence electrons. The number of anilines is 1. The van der Waals surface area contributed by atoms with Crippen molar-refractivity contribution in [2.45, 2.75) is 11.3 Å². The van der Waals surface area contributed by atoms with Gasteiger partial charge in [-0.05, 0) is 29.8 Å². The van der Waals surface area contributed by atoms with Crippen LogP contribution < -0.4 is 9.46 Å². The fourth-order valence-electron chi connectivity index (χ4n) is 2.79. The van der Waals surface area contributed by atoms with Crippen LogP contribution >= 0.6 is 0 Å².